The molecule has 1 atom stereocenters. The van der Waals surface area contributed by atoms with Gasteiger partial charge < -0.3 is 10.1 Å². The van der Waals surface area contributed by atoms with Crippen LogP contribution in [0.5, 0.6) is 5.75 Å². The van der Waals surface area contributed by atoms with Crippen molar-refractivity contribution >= 4 is 5.91 Å². The topological polar surface area (TPSA) is 69.0 Å². The molecule has 2 aromatic heterocycles. The number of alkyl halides is 3. The molecule has 0 aliphatic rings. The van der Waals surface area contributed by atoms with E-state index in [0.29, 0.717) is 11.4 Å². The number of hydrogen-bond donors (Lipinski definition) is 1. The van der Waals surface area contributed by atoms with Crippen molar-refractivity contribution in [2.45, 2.75) is 32.7 Å². The van der Waals surface area contributed by atoms with Gasteiger partial charge in [0.2, 0.25) is 0 Å². The lowest BCUT2D eigenvalue weighted by Gasteiger charge is -2.22. The highest BCUT2D eigenvalue weighted by atomic mass is 19.4. The Bertz CT molecular complexity index is 1030. The first kappa shape index (κ1) is 21.4. The van der Waals surface area contributed by atoms with Gasteiger partial charge in [-0.25, -0.2) is 0 Å². The van der Waals surface area contributed by atoms with Crippen LogP contribution in [0.15, 0.2) is 48.8 Å². The fourth-order valence-electron chi connectivity index (χ4n) is 3.12. The Morgan fingerprint density at radius 3 is 2.60 bits per heavy atom. The molecule has 0 radical (unpaired) electrons. The third-order valence-electron chi connectivity index (χ3n) is 4.68. The van der Waals surface area contributed by atoms with Crippen molar-refractivity contribution in [3.63, 3.8) is 0 Å². The van der Waals surface area contributed by atoms with Crippen LogP contribution in [-0.4, -0.2) is 26.8 Å². The van der Waals surface area contributed by atoms with Crippen LogP contribution in [0, 0.1) is 13.8 Å². The number of carbonyl (C=O) groups excluding carboxylic acids is 1. The summed E-state index contributed by atoms with van der Waals surface area (Å²) in [6, 6.07) is 7.45. The van der Waals surface area contributed by atoms with Crippen LogP contribution in [-0.2, 0) is 13.7 Å². The van der Waals surface area contributed by atoms with Gasteiger partial charge in [-0.05, 0) is 38.1 Å². The molecule has 3 aromatic rings. The first-order valence-electron chi connectivity index (χ1n) is 9.16. The number of nitrogens with zero attached hydrogens (tertiary/aromatic N) is 3. The van der Waals surface area contributed by atoms with E-state index in [1.165, 1.54) is 30.7 Å². The number of hydrogen-bond acceptors (Lipinski definition) is 4. The van der Waals surface area contributed by atoms with Crippen molar-refractivity contribution < 1.29 is 22.7 Å². The second-order valence-electron chi connectivity index (χ2n) is 6.83. The third-order valence-corrected chi connectivity index (χ3v) is 4.68. The third kappa shape index (κ3) is 4.79. The molecule has 0 spiro atoms. The second kappa shape index (κ2) is 8.56. The van der Waals surface area contributed by atoms with Crippen molar-refractivity contribution in [2.75, 3.05) is 0 Å². The van der Waals surface area contributed by atoms with Gasteiger partial charge in [0.25, 0.3) is 5.91 Å². The van der Waals surface area contributed by atoms with Crippen molar-refractivity contribution in [1.82, 2.24) is 20.1 Å². The molecule has 3 rings (SSSR count). The van der Waals surface area contributed by atoms with Gasteiger partial charge in [0.05, 0.1) is 5.69 Å². The molecule has 1 amide bonds. The summed E-state index contributed by atoms with van der Waals surface area (Å²) in [6.45, 7) is 3.24. The highest BCUT2D eigenvalue weighted by Crippen LogP contribution is 2.36. The highest BCUT2D eigenvalue weighted by Gasteiger charge is 2.44. The van der Waals surface area contributed by atoms with Crippen molar-refractivity contribution in [3.8, 4) is 5.75 Å². The quantitative estimate of drug-likeness (QED) is 0.656. The Balaban J connectivity index is 1.79. The van der Waals surface area contributed by atoms with Crippen LogP contribution in [0.4, 0.5) is 13.2 Å². The summed E-state index contributed by atoms with van der Waals surface area (Å²) >= 11 is 0. The zero-order valence-electron chi connectivity index (χ0n) is 16.7. The van der Waals surface area contributed by atoms with Crippen LogP contribution >= 0.6 is 0 Å². The maximum atomic E-state index is 13.8. The monoisotopic (exact) mass is 418 g/mol. The second-order valence-corrected chi connectivity index (χ2v) is 6.83. The summed E-state index contributed by atoms with van der Waals surface area (Å²) in [4.78, 5) is 16.6. The molecule has 1 aromatic carbocycles. The number of pyridine rings is 1. The zero-order chi connectivity index (χ0) is 21.9. The Kier molecular flexibility index (Phi) is 6.09. The molecule has 30 heavy (non-hydrogen) atoms. The number of benzene rings is 1. The van der Waals surface area contributed by atoms with Crippen LogP contribution in [0.1, 0.15) is 38.9 Å². The first-order chi connectivity index (χ1) is 14.2. The average Bonchev–Trinajstić information content (AvgIpc) is 2.96. The summed E-state index contributed by atoms with van der Waals surface area (Å²) in [5.74, 6) is -0.490. The normalized spacial score (nSPS) is 12.5. The van der Waals surface area contributed by atoms with Crippen LogP contribution in [0.2, 0.25) is 0 Å². The van der Waals surface area contributed by atoms with E-state index in [1.807, 2.05) is 6.07 Å². The molecule has 1 N–H and O–H groups in total. The summed E-state index contributed by atoms with van der Waals surface area (Å²) < 4.78 is 48.3. The van der Waals surface area contributed by atoms with Gasteiger partial charge in [0.1, 0.15) is 12.4 Å². The number of ether oxygens (including phenoxy) is 1. The first-order valence-corrected chi connectivity index (χ1v) is 9.16. The molecule has 0 aliphatic heterocycles. The molecular formula is C21H21F3N4O2. The lowest BCUT2D eigenvalue weighted by Crippen LogP contribution is -2.38. The lowest BCUT2D eigenvalue weighted by atomic mass is 10.0. The maximum Gasteiger partial charge on any atom is 0.413 e. The molecule has 0 saturated heterocycles. The predicted octanol–water partition coefficient (Wildman–Crippen LogP) is 4.04. The summed E-state index contributed by atoms with van der Waals surface area (Å²) in [7, 11) is 1.56. The van der Waals surface area contributed by atoms with Gasteiger partial charge in [0.15, 0.2) is 6.04 Å². The van der Waals surface area contributed by atoms with E-state index in [-0.39, 0.29) is 23.4 Å². The van der Waals surface area contributed by atoms with E-state index in [0.717, 1.165) is 5.56 Å². The molecule has 0 saturated carbocycles. The van der Waals surface area contributed by atoms with Crippen molar-refractivity contribution in [3.05, 3.63) is 76.9 Å². The van der Waals surface area contributed by atoms with E-state index in [9.17, 15) is 18.0 Å². The van der Waals surface area contributed by atoms with Gasteiger partial charge in [-0.3, -0.25) is 14.5 Å². The highest BCUT2D eigenvalue weighted by molar-refractivity contribution is 5.95. The van der Waals surface area contributed by atoms with E-state index in [2.05, 4.69) is 15.4 Å². The van der Waals surface area contributed by atoms with Crippen molar-refractivity contribution in [1.29, 1.82) is 0 Å². The number of amides is 1. The Labute approximate surface area is 171 Å². The molecule has 6 nitrogen and oxygen atoms in total. The number of aryl methyl sites for hydroxylation is 2. The standard InChI is InChI=1S/C21H21F3N4O2/c1-13-18(14(2)28(3)27-13)19(21(22,23)24)26-20(29)16-7-4-8-17(10-16)30-12-15-6-5-9-25-11-15/h4-11,19H,12H2,1-3H3,(H,26,29)/t19-/m1/s1. The number of nitrogens with one attached hydrogen (secondary N) is 1. The van der Waals surface area contributed by atoms with E-state index < -0.39 is 18.1 Å². The zero-order valence-corrected chi connectivity index (χ0v) is 16.7. The van der Waals surface area contributed by atoms with Gasteiger partial charge >= 0.3 is 6.18 Å². The summed E-state index contributed by atoms with van der Waals surface area (Å²) in [6.07, 6.45) is -1.40. The lowest BCUT2D eigenvalue weighted by molar-refractivity contribution is -0.155. The number of halogens is 3. The van der Waals surface area contributed by atoms with E-state index >= 15 is 0 Å². The maximum absolute atomic E-state index is 13.8. The minimum atomic E-state index is -4.68. The van der Waals surface area contributed by atoms with E-state index in [4.69, 9.17) is 4.74 Å². The molecule has 0 unspecified atom stereocenters. The molecule has 158 valence electrons. The Morgan fingerprint density at radius 1 is 1.23 bits per heavy atom. The van der Waals surface area contributed by atoms with Gasteiger partial charge in [0, 0.05) is 41.8 Å². The fraction of sp³-hybridized carbons (Fsp3) is 0.286. The Hall–Kier alpha value is -3.36. The number of rotatable bonds is 6. The van der Waals surface area contributed by atoms with Crippen LogP contribution in [0.25, 0.3) is 0 Å². The molecule has 0 bridgehead atoms. The summed E-state index contributed by atoms with van der Waals surface area (Å²) in [5, 5.41) is 6.14. The minimum Gasteiger partial charge on any atom is -0.489 e. The predicted molar refractivity (Wildman–Crippen MR) is 104 cm³/mol. The molecule has 0 aliphatic carbocycles. The number of aromatic nitrogens is 3. The SMILES string of the molecule is Cc1nn(C)c(C)c1[C@@H](NC(=O)c1cccc(OCc2cccnc2)c1)C(F)(F)F. The molecular weight excluding hydrogens is 397 g/mol. The molecule has 0 fully saturated rings. The van der Waals surface area contributed by atoms with Gasteiger partial charge in [-0.1, -0.05) is 12.1 Å². The molecule has 9 heteroatoms. The number of carbonyl (C=O) groups is 1. The molecule has 2 heterocycles. The van der Waals surface area contributed by atoms with Gasteiger partial charge in [-0.15, -0.1) is 0 Å². The van der Waals surface area contributed by atoms with E-state index in [1.54, 1.807) is 37.6 Å². The average molecular weight is 418 g/mol. The Morgan fingerprint density at radius 2 is 2.00 bits per heavy atom. The summed E-state index contributed by atoms with van der Waals surface area (Å²) in [5.41, 5.74) is 1.39. The minimum absolute atomic E-state index is 0.0534. The van der Waals surface area contributed by atoms with Crippen LogP contribution in [0.3, 0.4) is 0 Å². The van der Waals surface area contributed by atoms with Crippen molar-refractivity contribution in [2.24, 2.45) is 7.05 Å². The van der Waals surface area contributed by atoms with Gasteiger partial charge in [-0.2, -0.15) is 18.3 Å². The smallest absolute Gasteiger partial charge is 0.413 e. The van der Waals surface area contributed by atoms with Crippen LogP contribution < -0.4 is 10.1 Å². The fourth-order valence-corrected chi connectivity index (χ4v) is 3.12. The largest absolute Gasteiger partial charge is 0.489 e.